The first-order chi connectivity index (χ1) is 6.86. The fourth-order valence-electron chi connectivity index (χ4n) is 1.53. The summed E-state index contributed by atoms with van der Waals surface area (Å²) in [4.78, 5) is 0. The topological polar surface area (TPSA) is 49.7 Å². The quantitative estimate of drug-likeness (QED) is 0.695. The number of rotatable bonds is 0. The van der Waals surface area contributed by atoms with E-state index in [4.69, 9.17) is 0 Å². The Balaban J connectivity index is 2.58. The minimum Gasteiger partial charge on any atom is -0.364 e. The molecule has 1 aliphatic rings. The highest BCUT2D eigenvalue weighted by Crippen LogP contribution is 2.49. The van der Waals surface area contributed by atoms with Crippen LogP contribution in [0.5, 0.6) is 0 Å². The van der Waals surface area contributed by atoms with Crippen LogP contribution in [0.2, 0.25) is 0 Å². The van der Waals surface area contributed by atoms with Gasteiger partial charge in [-0.05, 0) is 0 Å². The molecular formula is C9H7F3O3. The number of halogens is 3. The number of hydrogen-bond donors (Lipinski definition) is 2. The molecule has 6 heteroatoms. The number of aliphatic hydroxyl groups is 2. The minimum atomic E-state index is -4.99. The Morgan fingerprint density at radius 3 is 2.47 bits per heavy atom. The highest BCUT2D eigenvalue weighted by atomic mass is 19.4. The van der Waals surface area contributed by atoms with Crippen molar-refractivity contribution in [3.8, 4) is 0 Å². The molecule has 0 aromatic heterocycles. The van der Waals surface area contributed by atoms with Crippen molar-refractivity contribution in [2.24, 2.45) is 0 Å². The van der Waals surface area contributed by atoms with Crippen LogP contribution in [0.1, 0.15) is 17.4 Å². The SMILES string of the molecule is OC1OC(O)(C(F)(F)F)c2ccccc21. The summed E-state index contributed by atoms with van der Waals surface area (Å²) >= 11 is 0. The molecule has 1 heterocycles. The average molecular weight is 220 g/mol. The highest BCUT2D eigenvalue weighted by Gasteiger charge is 2.62. The summed E-state index contributed by atoms with van der Waals surface area (Å²) in [7, 11) is 0. The third-order valence-electron chi connectivity index (χ3n) is 2.26. The summed E-state index contributed by atoms with van der Waals surface area (Å²) in [6.07, 6.45) is -6.74. The summed E-state index contributed by atoms with van der Waals surface area (Å²) in [6, 6.07) is 5.12. The van der Waals surface area contributed by atoms with Crippen LogP contribution < -0.4 is 0 Å². The van der Waals surface area contributed by atoms with Crippen LogP contribution in [0.15, 0.2) is 24.3 Å². The van der Waals surface area contributed by atoms with E-state index < -0.39 is 23.8 Å². The van der Waals surface area contributed by atoms with E-state index in [-0.39, 0.29) is 5.56 Å². The highest BCUT2D eigenvalue weighted by molar-refractivity contribution is 5.36. The fourth-order valence-corrected chi connectivity index (χ4v) is 1.53. The van der Waals surface area contributed by atoms with Gasteiger partial charge in [0.1, 0.15) is 0 Å². The van der Waals surface area contributed by atoms with Crippen LogP contribution in [0.4, 0.5) is 13.2 Å². The number of aliphatic hydroxyl groups excluding tert-OH is 1. The molecule has 0 radical (unpaired) electrons. The zero-order valence-corrected chi connectivity index (χ0v) is 7.32. The van der Waals surface area contributed by atoms with Gasteiger partial charge in [-0.3, -0.25) is 0 Å². The first kappa shape index (κ1) is 10.4. The summed E-state index contributed by atoms with van der Waals surface area (Å²) < 4.78 is 41.7. The van der Waals surface area contributed by atoms with Crippen molar-refractivity contribution in [2.75, 3.05) is 0 Å². The summed E-state index contributed by atoms with van der Waals surface area (Å²) in [5.41, 5.74) is -0.540. The smallest absolute Gasteiger partial charge is 0.364 e. The van der Waals surface area contributed by atoms with Gasteiger partial charge in [0.15, 0.2) is 6.29 Å². The van der Waals surface area contributed by atoms with E-state index >= 15 is 0 Å². The van der Waals surface area contributed by atoms with Gasteiger partial charge in [0.2, 0.25) is 0 Å². The van der Waals surface area contributed by atoms with Gasteiger partial charge >= 0.3 is 6.18 Å². The maximum Gasteiger partial charge on any atom is 0.448 e. The van der Waals surface area contributed by atoms with Crippen LogP contribution in [0.25, 0.3) is 0 Å². The molecular weight excluding hydrogens is 213 g/mol. The lowest BCUT2D eigenvalue weighted by atomic mass is 10.0. The largest absolute Gasteiger partial charge is 0.448 e. The number of ether oxygens (including phenoxy) is 1. The number of fused-ring (bicyclic) bond motifs is 1. The summed E-state index contributed by atoms with van der Waals surface area (Å²) in [5, 5.41) is 18.5. The second kappa shape index (κ2) is 2.94. The molecule has 2 atom stereocenters. The Hall–Kier alpha value is -1.11. The Kier molecular flexibility index (Phi) is 2.04. The van der Waals surface area contributed by atoms with Gasteiger partial charge in [-0.2, -0.15) is 13.2 Å². The first-order valence-electron chi connectivity index (χ1n) is 4.10. The van der Waals surface area contributed by atoms with E-state index in [1.165, 1.54) is 18.2 Å². The van der Waals surface area contributed by atoms with Crippen molar-refractivity contribution in [1.29, 1.82) is 0 Å². The zero-order chi connectivity index (χ0) is 11.3. The molecule has 82 valence electrons. The number of benzene rings is 1. The second-order valence-corrected chi connectivity index (χ2v) is 3.20. The molecule has 0 fully saturated rings. The van der Waals surface area contributed by atoms with Crippen molar-refractivity contribution < 1.29 is 28.1 Å². The third-order valence-corrected chi connectivity index (χ3v) is 2.26. The molecule has 1 aliphatic heterocycles. The molecule has 2 unspecified atom stereocenters. The van der Waals surface area contributed by atoms with E-state index in [0.29, 0.717) is 0 Å². The van der Waals surface area contributed by atoms with Gasteiger partial charge in [-0.25, -0.2) is 0 Å². The second-order valence-electron chi connectivity index (χ2n) is 3.20. The Morgan fingerprint density at radius 2 is 1.87 bits per heavy atom. The van der Waals surface area contributed by atoms with Crippen molar-refractivity contribution in [3.63, 3.8) is 0 Å². The standard InChI is InChI=1S/C9H7F3O3/c10-9(11,12)8(14)6-4-2-1-3-5(6)7(13)15-8/h1-4,7,13-14H. The predicted molar refractivity (Wildman–Crippen MR) is 42.4 cm³/mol. The Bertz CT molecular complexity index is 390. The third kappa shape index (κ3) is 1.33. The van der Waals surface area contributed by atoms with Gasteiger partial charge in [0.05, 0.1) is 0 Å². The van der Waals surface area contributed by atoms with E-state index in [1.807, 2.05) is 0 Å². The molecule has 2 N–H and O–H groups in total. The van der Waals surface area contributed by atoms with E-state index in [1.54, 1.807) is 0 Å². The van der Waals surface area contributed by atoms with Gasteiger partial charge in [-0.15, -0.1) is 0 Å². The van der Waals surface area contributed by atoms with Crippen LogP contribution in [-0.4, -0.2) is 16.4 Å². The molecule has 0 saturated carbocycles. The van der Waals surface area contributed by atoms with E-state index in [2.05, 4.69) is 4.74 Å². The lowest BCUT2D eigenvalue weighted by molar-refractivity contribution is -0.395. The van der Waals surface area contributed by atoms with Gasteiger partial charge in [0, 0.05) is 11.1 Å². The van der Waals surface area contributed by atoms with Gasteiger partial charge in [-0.1, -0.05) is 24.3 Å². The number of hydrogen-bond acceptors (Lipinski definition) is 3. The summed E-state index contributed by atoms with van der Waals surface area (Å²) in [6.45, 7) is 0. The van der Waals surface area contributed by atoms with Crippen molar-refractivity contribution in [1.82, 2.24) is 0 Å². The molecule has 15 heavy (non-hydrogen) atoms. The average Bonchev–Trinajstić information content (AvgIpc) is 2.41. The first-order valence-corrected chi connectivity index (χ1v) is 4.10. The molecule has 0 saturated heterocycles. The lowest BCUT2D eigenvalue weighted by Crippen LogP contribution is -2.42. The molecule has 2 rings (SSSR count). The van der Waals surface area contributed by atoms with Crippen molar-refractivity contribution in [3.05, 3.63) is 35.4 Å². The molecule has 0 amide bonds. The van der Waals surface area contributed by atoms with Crippen LogP contribution in [0.3, 0.4) is 0 Å². The summed E-state index contributed by atoms with van der Waals surface area (Å²) in [5.74, 6) is -3.41. The normalized spacial score (nSPS) is 30.3. The molecule has 0 spiro atoms. The lowest BCUT2D eigenvalue weighted by Gasteiger charge is -2.25. The van der Waals surface area contributed by atoms with Gasteiger partial charge in [0.25, 0.3) is 5.79 Å². The van der Waals surface area contributed by atoms with Crippen molar-refractivity contribution >= 4 is 0 Å². The maximum atomic E-state index is 12.5. The van der Waals surface area contributed by atoms with Gasteiger partial charge < -0.3 is 14.9 Å². The molecule has 0 aliphatic carbocycles. The molecule has 1 aromatic carbocycles. The minimum absolute atomic E-state index is 0.0719. The maximum absolute atomic E-state index is 12.5. The van der Waals surface area contributed by atoms with Crippen molar-refractivity contribution in [2.45, 2.75) is 18.3 Å². The zero-order valence-electron chi connectivity index (χ0n) is 7.32. The molecule has 0 bridgehead atoms. The number of alkyl halides is 3. The monoisotopic (exact) mass is 220 g/mol. The van der Waals surface area contributed by atoms with E-state index in [0.717, 1.165) is 6.07 Å². The van der Waals surface area contributed by atoms with E-state index in [9.17, 15) is 23.4 Å². The van der Waals surface area contributed by atoms with Crippen LogP contribution in [0, 0.1) is 0 Å². The Morgan fingerprint density at radius 1 is 1.27 bits per heavy atom. The Labute approximate surface area is 82.7 Å². The predicted octanol–water partition coefficient (Wildman–Crippen LogP) is 1.42. The van der Waals surface area contributed by atoms with Crippen LogP contribution >= 0.6 is 0 Å². The molecule has 1 aromatic rings. The van der Waals surface area contributed by atoms with Crippen LogP contribution in [-0.2, 0) is 10.5 Å². The fraction of sp³-hybridized carbons (Fsp3) is 0.333. The molecule has 3 nitrogen and oxygen atoms in total.